The van der Waals surface area contributed by atoms with E-state index in [4.69, 9.17) is 10.4 Å². The number of amides is 1. The second kappa shape index (κ2) is 7.85. The van der Waals surface area contributed by atoms with Crippen molar-refractivity contribution in [2.45, 2.75) is 13.8 Å². The fourth-order valence-corrected chi connectivity index (χ4v) is 1.82. The maximum absolute atomic E-state index is 12.1. The minimum absolute atomic E-state index is 0.184. The average Bonchev–Trinajstić information content (AvgIpc) is 2.43. The number of carboxylic acids is 1. The maximum Gasteiger partial charge on any atom is 0.323 e. The summed E-state index contributed by atoms with van der Waals surface area (Å²) >= 11 is 0. The molecule has 1 aromatic rings. The number of benzene rings is 1. The molecule has 5 heteroatoms. The lowest BCUT2D eigenvalue weighted by atomic mass is 10.1. The summed E-state index contributed by atoms with van der Waals surface area (Å²) in [6.45, 7) is 3.90. The summed E-state index contributed by atoms with van der Waals surface area (Å²) in [7, 11) is 0. The molecule has 1 rings (SSSR count). The zero-order chi connectivity index (χ0) is 15.8. The molecular formula is C16H18N2O3. The van der Waals surface area contributed by atoms with Gasteiger partial charge >= 0.3 is 5.97 Å². The van der Waals surface area contributed by atoms with E-state index in [-0.39, 0.29) is 18.4 Å². The number of carbonyl (C=O) groups is 2. The van der Waals surface area contributed by atoms with Crippen LogP contribution in [0.4, 0.5) is 0 Å². The van der Waals surface area contributed by atoms with E-state index in [0.29, 0.717) is 12.1 Å². The van der Waals surface area contributed by atoms with Gasteiger partial charge in [-0.3, -0.25) is 9.59 Å². The summed E-state index contributed by atoms with van der Waals surface area (Å²) in [6, 6.07) is 8.86. The SMILES string of the molecule is CC(C)CN(CC(=O)O)C(=O)C=Cc1cccc(C#N)c1. The topological polar surface area (TPSA) is 81.4 Å². The summed E-state index contributed by atoms with van der Waals surface area (Å²) in [4.78, 5) is 24.1. The van der Waals surface area contributed by atoms with Crippen LogP contribution in [0.1, 0.15) is 25.0 Å². The molecule has 1 N–H and O–H groups in total. The molecule has 0 heterocycles. The summed E-state index contributed by atoms with van der Waals surface area (Å²) in [6.07, 6.45) is 2.92. The fraction of sp³-hybridized carbons (Fsp3) is 0.312. The van der Waals surface area contributed by atoms with Gasteiger partial charge in [-0.25, -0.2) is 0 Å². The van der Waals surface area contributed by atoms with Crippen molar-refractivity contribution in [1.29, 1.82) is 5.26 Å². The Labute approximate surface area is 124 Å². The molecule has 21 heavy (non-hydrogen) atoms. The molecule has 0 bridgehead atoms. The highest BCUT2D eigenvalue weighted by molar-refractivity contribution is 5.93. The Bertz CT molecular complexity index is 585. The lowest BCUT2D eigenvalue weighted by Crippen LogP contribution is -2.37. The van der Waals surface area contributed by atoms with Crippen LogP contribution in [-0.4, -0.2) is 35.0 Å². The summed E-state index contributed by atoms with van der Waals surface area (Å²) < 4.78 is 0. The van der Waals surface area contributed by atoms with Gasteiger partial charge in [0.15, 0.2) is 0 Å². The Morgan fingerprint density at radius 2 is 2.14 bits per heavy atom. The molecule has 0 spiro atoms. The van der Waals surface area contributed by atoms with Gasteiger partial charge in [0.1, 0.15) is 6.54 Å². The van der Waals surface area contributed by atoms with Gasteiger partial charge in [0.05, 0.1) is 11.6 Å². The smallest absolute Gasteiger partial charge is 0.323 e. The minimum Gasteiger partial charge on any atom is -0.480 e. The van der Waals surface area contributed by atoms with Gasteiger partial charge in [-0.1, -0.05) is 26.0 Å². The van der Waals surface area contributed by atoms with Crippen LogP contribution in [0, 0.1) is 17.2 Å². The van der Waals surface area contributed by atoms with Crippen molar-refractivity contribution in [2.75, 3.05) is 13.1 Å². The van der Waals surface area contributed by atoms with Crippen molar-refractivity contribution in [3.8, 4) is 6.07 Å². The molecule has 0 unspecified atom stereocenters. The summed E-state index contributed by atoms with van der Waals surface area (Å²) in [5.41, 5.74) is 1.23. The van der Waals surface area contributed by atoms with E-state index in [2.05, 4.69) is 0 Å². The maximum atomic E-state index is 12.1. The van der Waals surface area contributed by atoms with Crippen LogP contribution in [0.5, 0.6) is 0 Å². The lowest BCUT2D eigenvalue weighted by Gasteiger charge is -2.21. The van der Waals surface area contributed by atoms with Gasteiger partial charge in [-0.15, -0.1) is 0 Å². The average molecular weight is 286 g/mol. The van der Waals surface area contributed by atoms with Crippen LogP contribution < -0.4 is 0 Å². The molecule has 0 fully saturated rings. The Hall–Kier alpha value is -2.61. The number of nitrogens with zero attached hydrogens (tertiary/aromatic N) is 2. The van der Waals surface area contributed by atoms with Crippen LogP contribution in [0.2, 0.25) is 0 Å². The molecule has 1 amide bonds. The number of hydrogen-bond donors (Lipinski definition) is 1. The van der Waals surface area contributed by atoms with Crippen LogP contribution >= 0.6 is 0 Å². The Balaban J connectivity index is 2.82. The van der Waals surface area contributed by atoms with Crippen molar-refractivity contribution in [2.24, 2.45) is 5.92 Å². The fourth-order valence-electron chi connectivity index (χ4n) is 1.82. The van der Waals surface area contributed by atoms with Crippen molar-refractivity contribution < 1.29 is 14.7 Å². The van der Waals surface area contributed by atoms with E-state index in [0.717, 1.165) is 5.56 Å². The van der Waals surface area contributed by atoms with Crippen molar-refractivity contribution in [1.82, 2.24) is 4.90 Å². The molecule has 1 aromatic carbocycles. The quantitative estimate of drug-likeness (QED) is 0.812. The molecule has 110 valence electrons. The van der Waals surface area contributed by atoms with Gasteiger partial charge in [0.2, 0.25) is 5.91 Å². The van der Waals surface area contributed by atoms with Gasteiger partial charge < -0.3 is 10.0 Å². The molecule has 0 aliphatic rings. The largest absolute Gasteiger partial charge is 0.480 e. The standard InChI is InChI=1S/C16H18N2O3/c1-12(2)10-18(11-16(20)21)15(19)7-6-13-4-3-5-14(8-13)9-17/h3-8,12H,10-11H2,1-2H3,(H,20,21). The molecule has 0 aliphatic carbocycles. The summed E-state index contributed by atoms with van der Waals surface area (Å²) in [5, 5.41) is 17.7. The first-order valence-corrected chi connectivity index (χ1v) is 6.61. The third-order valence-corrected chi connectivity index (χ3v) is 2.66. The van der Waals surface area contributed by atoms with Crippen LogP contribution in [0.15, 0.2) is 30.3 Å². The first kappa shape index (κ1) is 16.4. The van der Waals surface area contributed by atoms with Crippen molar-refractivity contribution >= 4 is 18.0 Å². The molecule has 0 radical (unpaired) electrons. The van der Waals surface area contributed by atoms with Gasteiger partial charge in [-0.2, -0.15) is 5.26 Å². The number of nitriles is 1. The third kappa shape index (κ3) is 5.91. The van der Waals surface area contributed by atoms with E-state index >= 15 is 0 Å². The highest BCUT2D eigenvalue weighted by Gasteiger charge is 2.15. The highest BCUT2D eigenvalue weighted by atomic mass is 16.4. The molecule has 0 atom stereocenters. The second-order valence-corrected chi connectivity index (χ2v) is 5.08. The molecule has 0 aliphatic heterocycles. The van der Waals surface area contributed by atoms with Crippen molar-refractivity contribution in [3.05, 3.63) is 41.5 Å². The zero-order valence-electron chi connectivity index (χ0n) is 12.1. The van der Waals surface area contributed by atoms with E-state index in [1.54, 1.807) is 30.3 Å². The second-order valence-electron chi connectivity index (χ2n) is 5.08. The molecule has 5 nitrogen and oxygen atoms in total. The zero-order valence-corrected chi connectivity index (χ0v) is 12.1. The van der Waals surface area contributed by atoms with E-state index < -0.39 is 5.97 Å². The summed E-state index contributed by atoms with van der Waals surface area (Å²) in [5.74, 6) is -1.21. The Morgan fingerprint density at radius 3 is 2.71 bits per heavy atom. The number of hydrogen-bond acceptors (Lipinski definition) is 3. The predicted molar refractivity (Wildman–Crippen MR) is 79.2 cm³/mol. The number of carbonyl (C=O) groups excluding carboxylic acids is 1. The third-order valence-electron chi connectivity index (χ3n) is 2.66. The Morgan fingerprint density at radius 1 is 1.43 bits per heavy atom. The van der Waals surface area contributed by atoms with Crippen LogP contribution in [0.25, 0.3) is 6.08 Å². The Kier molecular flexibility index (Phi) is 6.15. The van der Waals surface area contributed by atoms with Gasteiger partial charge in [0.25, 0.3) is 0 Å². The number of aliphatic carboxylic acids is 1. The van der Waals surface area contributed by atoms with Gasteiger partial charge in [-0.05, 0) is 29.7 Å². The first-order chi connectivity index (χ1) is 9.92. The lowest BCUT2D eigenvalue weighted by molar-refractivity contribution is -0.143. The van der Waals surface area contributed by atoms with Gasteiger partial charge in [0, 0.05) is 12.6 Å². The highest BCUT2D eigenvalue weighted by Crippen LogP contribution is 2.07. The van der Waals surface area contributed by atoms with Crippen LogP contribution in [-0.2, 0) is 9.59 Å². The van der Waals surface area contributed by atoms with E-state index in [1.165, 1.54) is 11.0 Å². The monoisotopic (exact) mass is 286 g/mol. The molecule has 0 aromatic heterocycles. The van der Waals surface area contributed by atoms with Crippen molar-refractivity contribution in [3.63, 3.8) is 0 Å². The first-order valence-electron chi connectivity index (χ1n) is 6.61. The molecule has 0 saturated carbocycles. The minimum atomic E-state index is -1.04. The number of rotatable bonds is 6. The predicted octanol–water partition coefficient (Wildman–Crippen LogP) is 2.14. The van der Waals surface area contributed by atoms with Crippen LogP contribution in [0.3, 0.4) is 0 Å². The van der Waals surface area contributed by atoms with E-state index in [1.807, 2.05) is 19.9 Å². The van der Waals surface area contributed by atoms with E-state index in [9.17, 15) is 9.59 Å². The molecule has 0 saturated heterocycles. The normalized spacial score (nSPS) is 10.6. The number of carboxylic acid groups (broad SMARTS) is 1. The molecular weight excluding hydrogens is 268 g/mol.